The van der Waals surface area contributed by atoms with Gasteiger partial charge in [0.1, 0.15) is 11.6 Å². The van der Waals surface area contributed by atoms with Crippen LogP contribution in [-0.2, 0) is 20.7 Å². The molecule has 5 nitrogen and oxygen atoms in total. The van der Waals surface area contributed by atoms with Crippen molar-refractivity contribution in [3.63, 3.8) is 0 Å². The molecule has 1 unspecified atom stereocenters. The largest absolute Gasteiger partial charge is 0.444 e. The van der Waals surface area contributed by atoms with Gasteiger partial charge in [0.25, 0.3) is 0 Å². The topological polar surface area (TPSA) is 55.8 Å². The van der Waals surface area contributed by atoms with Gasteiger partial charge in [-0.2, -0.15) is 0 Å². The Morgan fingerprint density at radius 3 is 2.86 bits per heavy atom. The van der Waals surface area contributed by atoms with Crippen molar-refractivity contribution in [1.29, 1.82) is 0 Å². The Labute approximate surface area is 128 Å². The van der Waals surface area contributed by atoms with Crippen molar-refractivity contribution in [1.82, 2.24) is 4.90 Å². The molecule has 1 aliphatic heterocycles. The van der Waals surface area contributed by atoms with Crippen LogP contribution < -0.4 is 0 Å². The number of ketones is 1. The van der Waals surface area contributed by atoms with Crippen LogP contribution in [0, 0.1) is 0 Å². The molecular formula is C15H21NO4S. The van der Waals surface area contributed by atoms with Crippen LogP contribution in [0.25, 0.3) is 0 Å². The maximum atomic E-state index is 12.4. The third-order valence-electron chi connectivity index (χ3n) is 3.06. The lowest BCUT2D eigenvalue weighted by Crippen LogP contribution is -2.54. The van der Waals surface area contributed by atoms with Gasteiger partial charge in [-0.05, 0) is 32.2 Å². The van der Waals surface area contributed by atoms with E-state index in [0.717, 1.165) is 4.88 Å². The molecule has 1 saturated heterocycles. The maximum Gasteiger partial charge on any atom is 0.411 e. The van der Waals surface area contributed by atoms with Crippen molar-refractivity contribution in [2.45, 2.75) is 38.8 Å². The Bertz CT molecular complexity index is 492. The first-order chi connectivity index (χ1) is 9.87. The van der Waals surface area contributed by atoms with Crippen LogP contribution in [0.2, 0.25) is 0 Å². The third-order valence-corrected chi connectivity index (χ3v) is 3.93. The molecule has 1 aromatic heterocycles. The van der Waals surface area contributed by atoms with Crippen molar-refractivity contribution >= 4 is 23.2 Å². The van der Waals surface area contributed by atoms with Gasteiger partial charge >= 0.3 is 6.09 Å². The zero-order chi connectivity index (χ0) is 15.5. The summed E-state index contributed by atoms with van der Waals surface area (Å²) in [6.45, 7) is 6.50. The van der Waals surface area contributed by atoms with E-state index in [1.165, 1.54) is 16.2 Å². The van der Waals surface area contributed by atoms with Gasteiger partial charge in [0.15, 0.2) is 5.78 Å². The van der Waals surface area contributed by atoms with Crippen LogP contribution in [0.5, 0.6) is 0 Å². The average molecular weight is 311 g/mol. The van der Waals surface area contributed by atoms with Crippen molar-refractivity contribution in [2.24, 2.45) is 0 Å². The molecular weight excluding hydrogens is 290 g/mol. The molecule has 2 heterocycles. The van der Waals surface area contributed by atoms with Gasteiger partial charge < -0.3 is 9.47 Å². The summed E-state index contributed by atoms with van der Waals surface area (Å²) in [7, 11) is 0. The summed E-state index contributed by atoms with van der Waals surface area (Å²) in [5, 5.41) is 1.94. The number of hydrogen-bond acceptors (Lipinski definition) is 5. The van der Waals surface area contributed by atoms with Crippen LogP contribution >= 0.6 is 11.3 Å². The summed E-state index contributed by atoms with van der Waals surface area (Å²) in [5.74, 6) is -0.0111. The normalized spacial score (nSPS) is 19.4. The van der Waals surface area contributed by atoms with Gasteiger partial charge in [-0.15, -0.1) is 11.3 Å². The maximum absolute atomic E-state index is 12.4. The molecule has 0 aromatic carbocycles. The number of thiophene rings is 1. The molecule has 1 amide bonds. The Hall–Kier alpha value is -1.40. The molecule has 21 heavy (non-hydrogen) atoms. The second-order valence-electron chi connectivity index (χ2n) is 5.99. The highest BCUT2D eigenvalue weighted by atomic mass is 32.1. The van der Waals surface area contributed by atoms with E-state index < -0.39 is 17.7 Å². The van der Waals surface area contributed by atoms with Crippen LogP contribution in [0.4, 0.5) is 4.79 Å². The molecule has 0 radical (unpaired) electrons. The number of carbonyl (C=O) groups excluding carboxylic acids is 2. The molecule has 2 rings (SSSR count). The summed E-state index contributed by atoms with van der Waals surface area (Å²) >= 11 is 1.54. The molecule has 6 heteroatoms. The monoisotopic (exact) mass is 311 g/mol. The minimum absolute atomic E-state index is 0.0111. The number of ether oxygens (including phenoxy) is 2. The van der Waals surface area contributed by atoms with Gasteiger partial charge in [-0.3, -0.25) is 9.69 Å². The van der Waals surface area contributed by atoms with E-state index in [9.17, 15) is 9.59 Å². The Morgan fingerprint density at radius 1 is 1.48 bits per heavy atom. The van der Waals surface area contributed by atoms with E-state index in [0.29, 0.717) is 19.6 Å². The molecule has 116 valence electrons. The van der Waals surface area contributed by atoms with E-state index in [-0.39, 0.29) is 12.4 Å². The molecule has 0 spiro atoms. The first kappa shape index (κ1) is 16.0. The fourth-order valence-electron chi connectivity index (χ4n) is 2.11. The Morgan fingerprint density at radius 2 is 2.24 bits per heavy atom. The minimum atomic E-state index is -0.573. The zero-order valence-electron chi connectivity index (χ0n) is 12.6. The van der Waals surface area contributed by atoms with Gasteiger partial charge in [0, 0.05) is 17.8 Å². The standard InChI is InChI=1S/C15H21NO4S/c1-15(2,3)20-14(18)16-6-7-19-10-12(16)13(17)9-11-5-4-8-21-11/h4-5,8,12H,6-7,9-10H2,1-3H3. The third kappa shape index (κ3) is 4.54. The lowest BCUT2D eigenvalue weighted by atomic mass is 10.1. The first-order valence-corrected chi connectivity index (χ1v) is 7.87. The molecule has 0 N–H and O–H groups in total. The summed E-state index contributed by atoms with van der Waals surface area (Å²) in [6, 6.07) is 3.27. The van der Waals surface area contributed by atoms with Crippen LogP contribution in [-0.4, -0.2) is 48.2 Å². The molecule has 0 saturated carbocycles. The Kier molecular flexibility index (Phi) is 5.00. The second kappa shape index (κ2) is 6.58. The summed E-state index contributed by atoms with van der Waals surface area (Å²) in [4.78, 5) is 27.1. The van der Waals surface area contributed by atoms with Crippen LogP contribution in [0.15, 0.2) is 17.5 Å². The molecule has 1 atom stereocenters. The van der Waals surface area contributed by atoms with Crippen LogP contribution in [0.3, 0.4) is 0 Å². The predicted octanol–water partition coefficient (Wildman–Crippen LogP) is 2.50. The number of Topliss-reactive ketones (excluding diaryl/α,β-unsaturated/α-hetero) is 1. The van der Waals surface area contributed by atoms with Crippen molar-refractivity contribution in [3.05, 3.63) is 22.4 Å². The highest BCUT2D eigenvalue weighted by Gasteiger charge is 2.35. The highest BCUT2D eigenvalue weighted by Crippen LogP contribution is 2.18. The highest BCUT2D eigenvalue weighted by molar-refractivity contribution is 7.10. The number of nitrogens with zero attached hydrogens (tertiary/aromatic N) is 1. The van der Waals surface area contributed by atoms with Gasteiger partial charge in [-0.1, -0.05) is 6.07 Å². The lowest BCUT2D eigenvalue weighted by Gasteiger charge is -2.35. The lowest BCUT2D eigenvalue weighted by molar-refractivity contribution is -0.129. The summed E-state index contributed by atoms with van der Waals surface area (Å²) < 4.78 is 10.7. The number of morpholine rings is 1. The van der Waals surface area contributed by atoms with Gasteiger partial charge in [0.2, 0.25) is 0 Å². The zero-order valence-corrected chi connectivity index (χ0v) is 13.4. The number of hydrogen-bond donors (Lipinski definition) is 0. The minimum Gasteiger partial charge on any atom is -0.444 e. The average Bonchev–Trinajstić information content (AvgIpc) is 2.89. The van der Waals surface area contributed by atoms with E-state index in [1.807, 2.05) is 38.3 Å². The smallest absolute Gasteiger partial charge is 0.411 e. The SMILES string of the molecule is CC(C)(C)OC(=O)N1CCOCC1C(=O)Cc1cccs1. The number of amides is 1. The van der Waals surface area contributed by atoms with Crippen molar-refractivity contribution < 1.29 is 19.1 Å². The number of carbonyl (C=O) groups is 2. The predicted molar refractivity (Wildman–Crippen MR) is 80.6 cm³/mol. The molecule has 0 bridgehead atoms. The fourth-order valence-corrected chi connectivity index (χ4v) is 2.83. The Balaban J connectivity index is 2.04. The summed E-state index contributed by atoms with van der Waals surface area (Å²) in [5.41, 5.74) is -0.573. The van der Waals surface area contributed by atoms with Gasteiger partial charge in [-0.25, -0.2) is 4.79 Å². The fraction of sp³-hybridized carbons (Fsp3) is 0.600. The van der Waals surface area contributed by atoms with Crippen molar-refractivity contribution in [3.8, 4) is 0 Å². The second-order valence-corrected chi connectivity index (χ2v) is 7.02. The first-order valence-electron chi connectivity index (χ1n) is 6.99. The quantitative estimate of drug-likeness (QED) is 0.860. The molecule has 1 aromatic rings. The molecule has 0 aliphatic carbocycles. The molecule has 1 aliphatic rings. The summed E-state index contributed by atoms with van der Waals surface area (Å²) in [6.07, 6.45) is -0.124. The van der Waals surface area contributed by atoms with E-state index in [4.69, 9.17) is 9.47 Å². The number of rotatable bonds is 3. The van der Waals surface area contributed by atoms with Gasteiger partial charge in [0.05, 0.1) is 13.2 Å². The van der Waals surface area contributed by atoms with Crippen molar-refractivity contribution in [2.75, 3.05) is 19.8 Å². The molecule has 1 fully saturated rings. The van der Waals surface area contributed by atoms with E-state index in [1.54, 1.807) is 0 Å². The van der Waals surface area contributed by atoms with Crippen LogP contribution in [0.1, 0.15) is 25.6 Å². The van der Waals surface area contributed by atoms with E-state index in [2.05, 4.69) is 0 Å². The van der Waals surface area contributed by atoms with E-state index >= 15 is 0 Å².